The van der Waals surface area contributed by atoms with Gasteiger partial charge in [0.2, 0.25) is 0 Å². The standard InChI is InChI=1S/C10H16N2O4/c1-10(2,15-3)7-11-6-8-4-5-9(16-8)12(13)14/h4-5,11H,6-7H2,1-3H3. The topological polar surface area (TPSA) is 77.5 Å². The minimum Gasteiger partial charge on any atom is -0.404 e. The van der Waals surface area contributed by atoms with E-state index >= 15 is 0 Å². The highest BCUT2D eigenvalue weighted by atomic mass is 16.6. The Bertz CT molecular complexity index is 359. The van der Waals surface area contributed by atoms with Gasteiger partial charge in [0.05, 0.1) is 18.2 Å². The molecule has 0 aliphatic rings. The van der Waals surface area contributed by atoms with E-state index < -0.39 is 4.92 Å². The van der Waals surface area contributed by atoms with Gasteiger partial charge in [-0.3, -0.25) is 10.1 Å². The number of hydrogen-bond acceptors (Lipinski definition) is 5. The second kappa shape index (κ2) is 5.09. The molecule has 0 saturated heterocycles. The van der Waals surface area contributed by atoms with Crippen LogP contribution in [0.2, 0.25) is 0 Å². The van der Waals surface area contributed by atoms with Crippen LogP contribution in [0.4, 0.5) is 5.88 Å². The maximum atomic E-state index is 10.4. The van der Waals surface area contributed by atoms with Gasteiger partial charge in [-0.15, -0.1) is 0 Å². The Labute approximate surface area is 93.7 Å². The van der Waals surface area contributed by atoms with Crippen molar-refractivity contribution < 1.29 is 14.1 Å². The molecule has 0 radical (unpaired) electrons. The van der Waals surface area contributed by atoms with Crippen molar-refractivity contribution in [3.05, 3.63) is 28.0 Å². The summed E-state index contributed by atoms with van der Waals surface area (Å²) in [5.41, 5.74) is -0.265. The summed E-state index contributed by atoms with van der Waals surface area (Å²) in [6.07, 6.45) is 0. The van der Waals surface area contributed by atoms with E-state index in [-0.39, 0.29) is 11.5 Å². The zero-order valence-electron chi connectivity index (χ0n) is 9.65. The summed E-state index contributed by atoms with van der Waals surface area (Å²) in [5, 5.41) is 13.5. The monoisotopic (exact) mass is 228 g/mol. The van der Waals surface area contributed by atoms with E-state index in [0.717, 1.165) is 0 Å². The maximum Gasteiger partial charge on any atom is 0.433 e. The number of nitro groups is 1. The van der Waals surface area contributed by atoms with Crippen LogP contribution in [0.1, 0.15) is 19.6 Å². The molecule has 6 nitrogen and oxygen atoms in total. The lowest BCUT2D eigenvalue weighted by Gasteiger charge is -2.22. The minimum absolute atomic E-state index is 0.234. The van der Waals surface area contributed by atoms with E-state index in [0.29, 0.717) is 18.8 Å². The molecule has 0 atom stereocenters. The molecule has 0 spiro atoms. The van der Waals surface area contributed by atoms with Crippen LogP contribution in [-0.2, 0) is 11.3 Å². The number of ether oxygens (including phenoxy) is 1. The third-order valence-electron chi connectivity index (χ3n) is 2.23. The lowest BCUT2D eigenvalue weighted by atomic mass is 10.1. The first kappa shape index (κ1) is 12.7. The Kier molecular flexibility index (Phi) is 4.03. The van der Waals surface area contributed by atoms with Crippen molar-refractivity contribution in [2.24, 2.45) is 0 Å². The van der Waals surface area contributed by atoms with Gasteiger partial charge in [-0.1, -0.05) is 0 Å². The second-order valence-electron chi connectivity index (χ2n) is 4.06. The van der Waals surface area contributed by atoms with E-state index in [1.54, 1.807) is 13.2 Å². The molecule has 90 valence electrons. The molecule has 1 N–H and O–H groups in total. The van der Waals surface area contributed by atoms with Gasteiger partial charge >= 0.3 is 5.88 Å². The first-order valence-electron chi connectivity index (χ1n) is 4.93. The molecular weight excluding hydrogens is 212 g/mol. The van der Waals surface area contributed by atoms with Gasteiger partial charge in [0.15, 0.2) is 0 Å². The smallest absolute Gasteiger partial charge is 0.404 e. The van der Waals surface area contributed by atoms with E-state index in [1.807, 2.05) is 13.8 Å². The van der Waals surface area contributed by atoms with Crippen LogP contribution in [0, 0.1) is 10.1 Å². The van der Waals surface area contributed by atoms with E-state index in [4.69, 9.17) is 9.15 Å². The van der Waals surface area contributed by atoms with Gasteiger partial charge in [-0.05, 0) is 19.9 Å². The first-order chi connectivity index (χ1) is 7.44. The number of nitrogens with zero attached hydrogens (tertiary/aromatic N) is 1. The second-order valence-corrected chi connectivity index (χ2v) is 4.06. The number of furan rings is 1. The maximum absolute atomic E-state index is 10.4. The summed E-state index contributed by atoms with van der Waals surface area (Å²) in [6.45, 7) is 4.98. The number of nitrogens with one attached hydrogen (secondary N) is 1. The van der Waals surface area contributed by atoms with Gasteiger partial charge in [0.25, 0.3) is 0 Å². The lowest BCUT2D eigenvalue weighted by Crippen LogP contribution is -2.36. The van der Waals surface area contributed by atoms with Gasteiger partial charge < -0.3 is 14.5 Å². The molecule has 0 aromatic carbocycles. The van der Waals surface area contributed by atoms with Crippen LogP contribution in [0.5, 0.6) is 0 Å². The fourth-order valence-electron chi connectivity index (χ4n) is 1.12. The van der Waals surface area contributed by atoms with Gasteiger partial charge in [-0.25, -0.2) is 0 Å². The van der Waals surface area contributed by atoms with Crippen molar-refractivity contribution in [1.82, 2.24) is 5.32 Å². The van der Waals surface area contributed by atoms with Gasteiger partial charge in [0, 0.05) is 13.7 Å². The zero-order chi connectivity index (χ0) is 12.2. The molecular formula is C10H16N2O4. The Morgan fingerprint density at radius 1 is 1.56 bits per heavy atom. The zero-order valence-corrected chi connectivity index (χ0v) is 9.65. The molecule has 1 aromatic rings. The number of methoxy groups -OCH3 is 1. The highest BCUT2D eigenvalue weighted by molar-refractivity contribution is 5.17. The highest BCUT2D eigenvalue weighted by Gasteiger charge is 2.16. The Morgan fingerprint density at radius 3 is 2.75 bits per heavy atom. The molecule has 1 heterocycles. The summed E-state index contributed by atoms with van der Waals surface area (Å²) in [6, 6.07) is 2.93. The summed E-state index contributed by atoms with van der Waals surface area (Å²) in [7, 11) is 1.64. The van der Waals surface area contributed by atoms with E-state index in [9.17, 15) is 10.1 Å². The predicted molar refractivity (Wildman–Crippen MR) is 58.2 cm³/mol. The summed E-state index contributed by atoms with van der Waals surface area (Å²) >= 11 is 0. The molecule has 1 rings (SSSR count). The van der Waals surface area contributed by atoms with Crippen LogP contribution >= 0.6 is 0 Å². The third-order valence-corrected chi connectivity index (χ3v) is 2.23. The average Bonchev–Trinajstić information content (AvgIpc) is 2.66. The van der Waals surface area contributed by atoms with Crippen molar-refractivity contribution >= 4 is 5.88 Å². The Balaban J connectivity index is 2.40. The van der Waals surface area contributed by atoms with Crippen LogP contribution < -0.4 is 5.32 Å². The van der Waals surface area contributed by atoms with E-state index in [1.165, 1.54) is 6.07 Å². The van der Waals surface area contributed by atoms with Gasteiger partial charge in [-0.2, -0.15) is 0 Å². The summed E-state index contributed by atoms with van der Waals surface area (Å²) in [4.78, 5) is 9.81. The average molecular weight is 228 g/mol. The third kappa shape index (κ3) is 3.63. The largest absolute Gasteiger partial charge is 0.433 e. The molecule has 6 heteroatoms. The fourth-order valence-corrected chi connectivity index (χ4v) is 1.12. The molecule has 0 unspecified atom stereocenters. The lowest BCUT2D eigenvalue weighted by molar-refractivity contribution is -0.402. The summed E-state index contributed by atoms with van der Waals surface area (Å²) in [5.74, 6) is 0.307. The van der Waals surface area contributed by atoms with Crippen LogP contribution in [-0.4, -0.2) is 24.2 Å². The molecule has 16 heavy (non-hydrogen) atoms. The molecule has 0 aliphatic carbocycles. The molecule has 0 amide bonds. The summed E-state index contributed by atoms with van der Waals surface area (Å²) < 4.78 is 10.2. The van der Waals surface area contributed by atoms with Crippen molar-refractivity contribution in [1.29, 1.82) is 0 Å². The first-order valence-corrected chi connectivity index (χ1v) is 4.93. The Hall–Kier alpha value is -1.40. The van der Waals surface area contributed by atoms with Gasteiger partial charge in [0.1, 0.15) is 10.7 Å². The molecule has 0 fully saturated rings. The van der Waals surface area contributed by atoms with Crippen LogP contribution in [0.3, 0.4) is 0 Å². The Morgan fingerprint density at radius 2 is 2.25 bits per heavy atom. The molecule has 0 saturated carbocycles. The quantitative estimate of drug-likeness (QED) is 0.592. The van der Waals surface area contributed by atoms with Crippen LogP contribution in [0.25, 0.3) is 0 Å². The van der Waals surface area contributed by atoms with Crippen molar-refractivity contribution in [3.8, 4) is 0 Å². The minimum atomic E-state index is -0.553. The number of hydrogen-bond donors (Lipinski definition) is 1. The normalized spacial score (nSPS) is 11.7. The van der Waals surface area contributed by atoms with Crippen LogP contribution in [0.15, 0.2) is 16.5 Å². The fraction of sp³-hybridized carbons (Fsp3) is 0.600. The predicted octanol–water partition coefficient (Wildman–Crippen LogP) is 1.70. The van der Waals surface area contributed by atoms with Crippen molar-refractivity contribution in [2.45, 2.75) is 26.0 Å². The molecule has 0 aliphatic heterocycles. The number of rotatable bonds is 6. The van der Waals surface area contributed by atoms with Crippen molar-refractivity contribution in [2.75, 3.05) is 13.7 Å². The molecule has 1 aromatic heterocycles. The molecule has 0 bridgehead atoms. The van der Waals surface area contributed by atoms with E-state index in [2.05, 4.69) is 5.32 Å². The van der Waals surface area contributed by atoms with Crippen molar-refractivity contribution in [3.63, 3.8) is 0 Å². The SMILES string of the molecule is COC(C)(C)CNCc1ccc([N+](=O)[O-])o1. The highest BCUT2D eigenvalue weighted by Crippen LogP contribution is 2.15.